The third-order valence-electron chi connectivity index (χ3n) is 11.7. The fraction of sp³-hybridized carbons (Fsp3) is 0.733. The molecule has 4 aliphatic carbocycles. The van der Waals surface area contributed by atoms with E-state index in [0.717, 1.165) is 14.0 Å². The Bertz CT molecular complexity index is 1310. The van der Waals surface area contributed by atoms with Crippen LogP contribution >= 0.6 is 0 Å². The van der Waals surface area contributed by atoms with Gasteiger partial charge < -0.3 is 38.7 Å². The summed E-state index contributed by atoms with van der Waals surface area (Å²) in [5.74, 6) is -6.33. The zero-order valence-electron chi connectivity index (χ0n) is 24.3. The molecule has 1 saturated heterocycles. The molecule has 0 amide bonds. The van der Waals surface area contributed by atoms with Gasteiger partial charge in [0.05, 0.1) is 37.8 Å². The number of cyclic esters (lactones) is 1. The second kappa shape index (κ2) is 9.27. The molecule has 6 rings (SSSR count). The Morgan fingerprint density at radius 2 is 1.79 bits per heavy atom. The number of aliphatic hydroxyl groups excluding tert-OH is 1. The topological polar surface area (TPSA) is 179 Å². The van der Waals surface area contributed by atoms with Gasteiger partial charge in [-0.1, -0.05) is 13.8 Å². The number of rotatable bonds is 5. The van der Waals surface area contributed by atoms with E-state index >= 15 is 0 Å². The standard InChI is InChI=1S/C30H38O12/c1-13(31)40-23(26(35)38-5)24-27(3)10-18-16(25(27)41-14(2)32)9-29(36)17-8-20(34)42-22(15-6-7-39-12-15)21(17)19(33)11-30(29,37)28(18,24)4/h6-7,12,16-19,21-25,33,36-37H,8-11H2,1-5H3/t16-,17?,18+,19-,21?,22-,23+,24-,25+,27+,28-,29-,30-/m0/s1. The van der Waals surface area contributed by atoms with E-state index < -0.39 is 99.9 Å². The van der Waals surface area contributed by atoms with Gasteiger partial charge >= 0.3 is 23.9 Å². The average molecular weight is 591 g/mol. The van der Waals surface area contributed by atoms with Gasteiger partial charge in [-0.3, -0.25) is 14.4 Å². The minimum Gasteiger partial charge on any atom is -0.472 e. The Balaban J connectivity index is 1.55. The molecule has 4 saturated carbocycles. The summed E-state index contributed by atoms with van der Waals surface area (Å²) in [6, 6.07) is 1.62. The fourth-order valence-corrected chi connectivity index (χ4v) is 10.5. The number of hydrogen-bond donors (Lipinski definition) is 3. The number of hydrogen-bond acceptors (Lipinski definition) is 12. The van der Waals surface area contributed by atoms with Crippen LogP contribution in [0, 0.1) is 40.4 Å². The molecule has 12 heteroatoms. The lowest BCUT2D eigenvalue weighted by atomic mass is 9.37. The summed E-state index contributed by atoms with van der Waals surface area (Å²) in [4.78, 5) is 51.0. The summed E-state index contributed by atoms with van der Waals surface area (Å²) in [5.41, 5.74) is -5.82. The molecule has 13 atom stereocenters. The summed E-state index contributed by atoms with van der Waals surface area (Å²) < 4.78 is 27.5. The largest absolute Gasteiger partial charge is 0.472 e. The van der Waals surface area contributed by atoms with Gasteiger partial charge in [-0.05, 0) is 24.8 Å². The Hall–Kier alpha value is -2.96. The zero-order valence-corrected chi connectivity index (χ0v) is 24.3. The van der Waals surface area contributed by atoms with Crippen LogP contribution in [0.25, 0.3) is 0 Å². The molecule has 2 bridgehead atoms. The lowest BCUT2D eigenvalue weighted by Crippen LogP contribution is -2.81. The number of furan rings is 1. The first kappa shape index (κ1) is 29.1. The van der Waals surface area contributed by atoms with Crippen LogP contribution in [0.5, 0.6) is 0 Å². The third-order valence-corrected chi connectivity index (χ3v) is 11.7. The Morgan fingerprint density at radius 1 is 1.07 bits per heavy atom. The van der Waals surface area contributed by atoms with Gasteiger partial charge in [0.1, 0.15) is 17.8 Å². The molecule has 42 heavy (non-hydrogen) atoms. The quantitative estimate of drug-likeness (QED) is 0.332. The highest BCUT2D eigenvalue weighted by atomic mass is 16.6. The molecule has 0 spiro atoms. The van der Waals surface area contributed by atoms with Crippen molar-refractivity contribution >= 4 is 23.9 Å². The number of esters is 4. The van der Waals surface area contributed by atoms with Crippen molar-refractivity contribution < 1.29 is 57.9 Å². The van der Waals surface area contributed by atoms with Crippen LogP contribution in [0.15, 0.2) is 23.0 Å². The molecule has 5 aliphatic rings. The molecule has 1 aromatic heterocycles. The third kappa shape index (κ3) is 3.51. The van der Waals surface area contributed by atoms with Gasteiger partial charge in [0, 0.05) is 60.3 Å². The number of carbonyl (C=O) groups is 4. The highest BCUT2D eigenvalue weighted by Gasteiger charge is 2.86. The highest BCUT2D eigenvalue weighted by Crippen LogP contribution is 2.80. The van der Waals surface area contributed by atoms with Crippen molar-refractivity contribution in [2.45, 2.75) is 89.0 Å². The average Bonchev–Trinajstić information content (AvgIpc) is 3.59. The molecule has 2 unspecified atom stereocenters. The van der Waals surface area contributed by atoms with Gasteiger partial charge in [0.25, 0.3) is 0 Å². The SMILES string of the molecule is COC(=O)[C@H](OC(C)=O)[C@H]1[C@@]2(C)C[C@@H]3[C@H](C[C@]4(O)C5CC(=O)O[C@@H](c6ccoc6)C5[C@@H](O)C[C@]4(O)[C@@]31C)[C@H]2OC(C)=O. The van der Waals surface area contributed by atoms with E-state index in [1.54, 1.807) is 13.0 Å². The smallest absolute Gasteiger partial charge is 0.347 e. The molecule has 1 aromatic rings. The van der Waals surface area contributed by atoms with Gasteiger partial charge in [-0.2, -0.15) is 0 Å². The number of aliphatic hydroxyl groups is 3. The number of carbonyl (C=O) groups excluding carboxylic acids is 4. The highest BCUT2D eigenvalue weighted by molar-refractivity contribution is 5.79. The monoisotopic (exact) mass is 590 g/mol. The van der Waals surface area contributed by atoms with Gasteiger partial charge in [-0.15, -0.1) is 0 Å². The van der Waals surface area contributed by atoms with E-state index in [0.29, 0.717) is 12.0 Å². The van der Waals surface area contributed by atoms with Gasteiger partial charge in [-0.25, -0.2) is 4.79 Å². The molecule has 2 heterocycles. The summed E-state index contributed by atoms with van der Waals surface area (Å²) in [7, 11) is 1.16. The fourth-order valence-electron chi connectivity index (χ4n) is 10.5. The summed E-state index contributed by atoms with van der Waals surface area (Å²) in [6.07, 6.45) is -1.79. The number of fused-ring (bicyclic) bond motifs is 5. The predicted molar refractivity (Wildman–Crippen MR) is 139 cm³/mol. The van der Waals surface area contributed by atoms with Gasteiger partial charge in [0.15, 0.2) is 0 Å². The maximum absolute atomic E-state index is 13.3. The maximum atomic E-state index is 13.3. The van der Waals surface area contributed by atoms with Crippen molar-refractivity contribution in [1.82, 2.24) is 0 Å². The van der Waals surface area contributed by atoms with Crippen molar-refractivity contribution in [3.8, 4) is 0 Å². The van der Waals surface area contributed by atoms with Crippen molar-refractivity contribution in [3.63, 3.8) is 0 Å². The number of ether oxygens (including phenoxy) is 4. The first-order chi connectivity index (χ1) is 19.6. The zero-order chi connectivity index (χ0) is 30.6. The summed E-state index contributed by atoms with van der Waals surface area (Å²) in [6.45, 7) is 6.02. The van der Waals surface area contributed by atoms with Crippen molar-refractivity contribution in [3.05, 3.63) is 24.2 Å². The van der Waals surface area contributed by atoms with Crippen LogP contribution in [0.3, 0.4) is 0 Å². The lowest BCUT2D eigenvalue weighted by molar-refractivity contribution is -0.357. The molecule has 0 aromatic carbocycles. The molecular weight excluding hydrogens is 552 g/mol. The van der Waals surface area contributed by atoms with Crippen LogP contribution in [0.1, 0.15) is 65.0 Å². The van der Waals surface area contributed by atoms with E-state index in [2.05, 4.69) is 0 Å². The second-order valence-corrected chi connectivity index (χ2v) is 13.4. The first-order valence-electron chi connectivity index (χ1n) is 14.4. The maximum Gasteiger partial charge on any atom is 0.347 e. The molecule has 3 N–H and O–H groups in total. The first-order valence-corrected chi connectivity index (χ1v) is 14.4. The second-order valence-electron chi connectivity index (χ2n) is 13.4. The van der Waals surface area contributed by atoms with Crippen LogP contribution in [-0.4, -0.2) is 75.8 Å². The van der Waals surface area contributed by atoms with Crippen LogP contribution in [0.2, 0.25) is 0 Å². The molecule has 0 radical (unpaired) electrons. The Kier molecular flexibility index (Phi) is 6.43. The summed E-state index contributed by atoms with van der Waals surface area (Å²) >= 11 is 0. The minimum absolute atomic E-state index is 0.0141. The van der Waals surface area contributed by atoms with Crippen LogP contribution in [0.4, 0.5) is 0 Å². The van der Waals surface area contributed by atoms with E-state index in [1.165, 1.54) is 19.5 Å². The molecule has 12 nitrogen and oxygen atoms in total. The van der Waals surface area contributed by atoms with Crippen molar-refractivity contribution in [1.29, 1.82) is 0 Å². The minimum atomic E-state index is -2.05. The van der Waals surface area contributed by atoms with E-state index in [1.807, 2.05) is 6.92 Å². The predicted octanol–water partition coefficient (Wildman–Crippen LogP) is 1.45. The van der Waals surface area contributed by atoms with Crippen molar-refractivity contribution in [2.24, 2.45) is 40.4 Å². The van der Waals surface area contributed by atoms with E-state index in [9.17, 15) is 34.5 Å². The number of methoxy groups -OCH3 is 1. The molecule has 5 fully saturated rings. The van der Waals surface area contributed by atoms with E-state index in [4.69, 9.17) is 23.4 Å². The lowest BCUT2D eigenvalue weighted by Gasteiger charge is -2.71. The normalized spacial score (nSPS) is 47.5. The molecule has 1 aliphatic heterocycles. The van der Waals surface area contributed by atoms with Crippen molar-refractivity contribution in [2.75, 3.05) is 7.11 Å². The Labute approximate surface area is 242 Å². The van der Waals surface area contributed by atoms with Crippen LogP contribution in [-0.2, 0) is 38.1 Å². The van der Waals surface area contributed by atoms with Crippen LogP contribution < -0.4 is 0 Å². The molecule has 230 valence electrons. The Morgan fingerprint density at radius 3 is 2.38 bits per heavy atom. The summed E-state index contributed by atoms with van der Waals surface area (Å²) in [5, 5.41) is 37.5. The molecular formula is C30H38O12. The van der Waals surface area contributed by atoms with E-state index in [-0.39, 0.29) is 19.3 Å². The van der Waals surface area contributed by atoms with Gasteiger partial charge in [0.2, 0.25) is 6.10 Å².